The van der Waals surface area contributed by atoms with Crippen molar-refractivity contribution in [2.75, 3.05) is 18.1 Å². The highest BCUT2D eigenvalue weighted by molar-refractivity contribution is 5.78. The van der Waals surface area contributed by atoms with E-state index in [0.717, 1.165) is 16.9 Å². The van der Waals surface area contributed by atoms with Gasteiger partial charge in [-0.15, -0.1) is 0 Å². The van der Waals surface area contributed by atoms with E-state index in [4.69, 9.17) is 0 Å². The van der Waals surface area contributed by atoms with E-state index < -0.39 is 0 Å². The first-order valence-electron chi connectivity index (χ1n) is 6.48. The van der Waals surface area contributed by atoms with Crippen LogP contribution in [0.2, 0.25) is 0 Å². The molecule has 0 radical (unpaired) electrons. The molecular weight excluding hydrogens is 226 g/mol. The Morgan fingerprint density at radius 2 is 2.11 bits per heavy atom. The molecule has 0 saturated heterocycles. The highest BCUT2D eigenvalue weighted by Gasteiger charge is 2.26. The highest BCUT2D eigenvalue weighted by atomic mass is 16.3. The van der Waals surface area contributed by atoms with E-state index in [0.29, 0.717) is 12.6 Å². The maximum Gasteiger partial charge on any atom is 0.226 e. The van der Waals surface area contributed by atoms with Gasteiger partial charge in [0.2, 0.25) is 5.95 Å². The van der Waals surface area contributed by atoms with Gasteiger partial charge in [0.1, 0.15) is 0 Å². The Morgan fingerprint density at radius 3 is 2.83 bits per heavy atom. The number of nitrogens with zero attached hydrogens (tertiary/aromatic N) is 3. The predicted molar refractivity (Wildman–Crippen MR) is 71.6 cm³/mol. The van der Waals surface area contributed by atoms with Gasteiger partial charge in [0.15, 0.2) is 0 Å². The van der Waals surface area contributed by atoms with Crippen LogP contribution < -0.4 is 4.90 Å². The second kappa shape index (κ2) is 4.90. The topological polar surface area (TPSA) is 49.2 Å². The van der Waals surface area contributed by atoms with E-state index in [9.17, 15) is 5.11 Å². The molecule has 1 aromatic carbocycles. The monoisotopic (exact) mass is 243 g/mol. The number of anilines is 1. The first-order chi connectivity index (χ1) is 8.88. The van der Waals surface area contributed by atoms with E-state index in [1.807, 2.05) is 30.5 Å². The summed E-state index contributed by atoms with van der Waals surface area (Å²) in [5.74, 6) is 0.743. The van der Waals surface area contributed by atoms with Crippen molar-refractivity contribution < 1.29 is 5.11 Å². The fourth-order valence-corrected chi connectivity index (χ4v) is 2.35. The van der Waals surface area contributed by atoms with Gasteiger partial charge in [0.25, 0.3) is 0 Å². The van der Waals surface area contributed by atoms with E-state index in [2.05, 4.69) is 14.9 Å². The molecule has 2 aromatic rings. The third-order valence-electron chi connectivity index (χ3n) is 3.59. The number of aromatic nitrogens is 2. The molecule has 1 N–H and O–H groups in total. The van der Waals surface area contributed by atoms with Gasteiger partial charge >= 0.3 is 0 Å². The molecule has 0 aliphatic heterocycles. The van der Waals surface area contributed by atoms with Crippen LogP contribution in [0.25, 0.3) is 10.9 Å². The first kappa shape index (κ1) is 11.4. The number of hydrogen-bond donors (Lipinski definition) is 1. The van der Waals surface area contributed by atoms with Crippen LogP contribution in [0.4, 0.5) is 5.95 Å². The zero-order valence-electron chi connectivity index (χ0n) is 10.3. The third kappa shape index (κ3) is 2.04. The van der Waals surface area contributed by atoms with Crippen molar-refractivity contribution in [3.05, 3.63) is 30.5 Å². The van der Waals surface area contributed by atoms with Gasteiger partial charge in [-0.25, -0.2) is 9.97 Å². The lowest BCUT2D eigenvalue weighted by Gasteiger charge is -2.37. The van der Waals surface area contributed by atoms with Crippen LogP contribution in [0.5, 0.6) is 0 Å². The molecule has 0 atom stereocenters. The van der Waals surface area contributed by atoms with Gasteiger partial charge < -0.3 is 10.0 Å². The number of benzene rings is 1. The standard InChI is InChI=1S/C14H17N3O/c18-9-8-17(12-5-3-6-12)14-15-10-11-4-1-2-7-13(11)16-14/h1-2,4,7,10,12,18H,3,5-6,8-9H2. The van der Waals surface area contributed by atoms with Gasteiger partial charge in [-0.05, 0) is 25.3 Å². The lowest BCUT2D eigenvalue weighted by atomic mass is 9.92. The molecule has 18 heavy (non-hydrogen) atoms. The quantitative estimate of drug-likeness (QED) is 0.892. The zero-order valence-corrected chi connectivity index (χ0v) is 10.3. The fraction of sp³-hybridized carbons (Fsp3) is 0.429. The zero-order chi connectivity index (χ0) is 12.4. The molecule has 0 bridgehead atoms. The lowest BCUT2D eigenvalue weighted by molar-refractivity contribution is 0.282. The summed E-state index contributed by atoms with van der Waals surface area (Å²) < 4.78 is 0. The Hall–Kier alpha value is -1.68. The fourth-order valence-electron chi connectivity index (χ4n) is 2.35. The molecule has 0 amide bonds. The molecule has 4 nitrogen and oxygen atoms in total. The van der Waals surface area contributed by atoms with Crippen molar-refractivity contribution in [1.82, 2.24) is 9.97 Å². The van der Waals surface area contributed by atoms with E-state index in [1.54, 1.807) is 0 Å². The number of aliphatic hydroxyl groups is 1. The van der Waals surface area contributed by atoms with Crippen molar-refractivity contribution in [3.8, 4) is 0 Å². The molecule has 0 unspecified atom stereocenters. The van der Waals surface area contributed by atoms with E-state index >= 15 is 0 Å². The minimum absolute atomic E-state index is 0.146. The van der Waals surface area contributed by atoms with E-state index in [-0.39, 0.29) is 6.61 Å². The van der Waals surface area contributed by atoms with Crippen LogP contribution in [0.1, 0.15) is 19.3 Å². The largest absolute Gasteiger partial charge is 0.395 e. The van der Waals surface area contributed by atoms with Gasteiger partial charge in [-0.2, -0.15) is 0 Å². The highest BCUT2D eigenvalue weighted by Crippen LogP contribution is 2.27. The summed E-state index contributed by atoms with van der Waals surface area (Å²) in [4.78, 5) is 11.2. The molecule has 94 valence electrons. The SMILES string of the molecule is OCCN(c1ncc2ccccc2n1)C1CCC1. The summed E-state index contributed by atoms with van der Waals surface area (Å²) in [7, 11) is 0. The maximum atomic E-state index is 9.18. The summed E-state index contributed by atoms with van der Waals surface area (Å²) >= 11 is 0. The van der Waals surface area contributed by atoms with Crippen molar-refractivity contribution in [3.63, 3.8) is 0 Å². The minimum Gasteiger partial charge on any atom is -0.395 e. The van der Waals surface area contributed by atoms with Crippen LogP contribution in [0, 0.1) is 0 Å². The molecule has 0 spiro atoms. The lowest BCUT2D eigenvalue weighted by Crippen LogP contribution is -2.42. The molecule has 1 aromatic heterocycles. The molecule has 1 aliphatic rings. The summed E-state index contributed by atoms with van der Waals surface area (Å²) in [6.07, 6.45) is 5.48. The molecule has 3 rings (SSSR count). The van der Waals surface area contributed by atoms with E-state index in [1.165, 1.54) is 19.3 Å². The predicted octanol–water partition coefficient (Wildman–Crippen LogP) is 1.98. The second-order valence-electron chi connectivity index (χ2n) is 4.73. The molecule has 4 heteroatoms. The number of aliphatic hydroxyl groups excluding tert-OH is 1. The third-order valence-corrected chi connectivity index (χ3v) is 3.59. The van der Waals surface area contributed by atoms with Crippen molar-refractivity contribution in [2.45, 2.75) is 25.3 Å². The van der Waals surface area contributed by atoms with Gasteiger partial charge in [0.05, 0.1) is 12.1 Å². The van der Waals surface area contributed by atoms with Crippen molar-refractivity contribution in [1.29, 1.82) is 0 Å². The first-order valence-corrected chi connectivity index (χ1v) is 6.48. The van der Waals surface area contributed by atoms with Crippen LogP contribution in [0.15, 0.2) is 30.5 Å². The maximum absolute atomic E-state index is 9.18. The molecule has 1 heterocycles. The molecule has 1 aliphatic carbocycles. The Balaban J connectivity index is 1.95. The Kier molecular flexibility index (Phi) is 3.11. The minimum atomic E-state index is 0.146. The van der Waals surface area contributed by atoms with Crippen LogP contribution in [-0.2, 0) is 0 Å². The summed E-state index contributed by atoms with van der Waals surface area (Å²) in [6, 6.07) is 8.48. The Morgan fingerprint density at radius 1 is 1.28 bits per heavy atom. The number of hydrogen-bond acceptors (Lipinski definition) is 4. The summed E-state index contributed by atoms with van der Waals surface area (Å²) in [5, 5.41) is 10.2. The van der Waals surface area contributed by atoms with Crippen LogP contribution >= 0.6 is 0 Å². The van der Waals surface area contributed by atoms with Crippen LogP contribution in [-0.4, -0.2) is 34.3 Å². The number of fused-ring (bicyclic) bond motifs is 1. The molecular formula is C14H17N3O. The molecule has 1 saturated carbocycles. The average molecular weight is 243 g/mol. The van der Waals surface area contributed by atoms with Crippen molar-refractivity contribution >= 4 is 16.9 Å². The van der Waals surface area contributed by atoms with Crippen molar-refractivity contribution in [2.24, 2.45) is 0 Å². The smallest absolute Gasteiger partial charge is 0.226 e. The second-order valence-corrected chi connectivity index (χ2v) is 4.73. The Labute approximate surface area is 106 Å². The summed E-state index contributed by atoms with van der Waals surface area (Å²) in [5.41, 5.74) is 0.963. The number of rotatable bonds is 4. The normalized spacial score (nSPS) is 15.6. The average Bonchev–Trinajstić information content (AvgIpc) is 2.35. The Bertz CT molecular complexity index is 539. The summed E-state index contributed by atoms with van der Waals surface area (Å²) in [6.45, 7) is 0.760. The molecule has 1 fully saturated rings. The van der Waals surface area contributed by atoms with Gasteiger partial charge in [0, 0.05) is 24.2 Å². The van der Waals surface area contributed by atoms with Gasteiger partial charge in [-0.3, -0.25) is 0 Å². The van der Waals surface area contributed by atoms with Gasteiger partial charge in [-0.1, -0.05) is 18.2 Å². The number of para-hydroxylation sites is 1. The van der Waals surface area contributed by atoms with Crippen LogP contribution in [0.3, 0.4) is 0 Å².